The molecule has 0 amide bonds. The zero-order valence-corrected chi connectivity index (χ0v) is 13.3. The smallest absolute Gasteiger partial charge is 0.240 e. The minimum Gasteiger partial charge on any atom is -0.382 e. The van der Waals surface area contributed by atoms with Gasteiger partial charge in [-0.3, -0.25) is 0 Å². The highest BCUT2D eigenvalue weighted by atomic mass is 32.2. The molecule has 2 unspecified atom stereocenters. The lowest BCUT2D eigenvalue weighted by Crippen LogP contribution is -2.24. The van der Waals surface area contributed by atoms with E-state index in [1.165, 1.54) is 32.7 Å². The molecule has 5 heteroatoms. The highest BCUT2D eigenvalue weighted by Gasteiger charge is 2.26. The van der Waals surface area contributed by atoms with Crippen LogP contribution in [0, 0.1) is 12.8 Å². The molecule has 0 heterocycles. The fraction of sp³-hybridized carbons (Fsp3) is 0.600. The van der Waals surface area contributed by atoms with E-state index in [9.17, 15) is 8.42 Å². The Kier molecular flexibility index (Phi) is 4.70. The quantitative estimate of drug-likeness (QED) is 0.878. The highest BCUT2D eigenvalue weighted by molar-refractivity contribution is 7.89. The van der Waals surface area contributed by atoms with E-state index in [0.717, 1.165) is 11.3 Å². The molecular formula is C15H24N2O2S. The lowest BCUT2D eigenvalue weighted by Gasteiger charge is -2.22. The van der Waals surface area contributed by atoms with Gasteiger partial charge in [-0.1, -0.05) is 25.8 Å². The maximum Gasteiger partial charge on any atom is 0.240 e. The molecule has 0 aliphatic heterocycles. The van der Waals surface area contributed by atoms with E-state index in [1.807, 2.05) is 13.0 Å². The number of sulfonamides is 1. The number of aryl methyl sites for hydroxylation is 1. The van der Waals surface area contributed by atoms with Crippen LogP contribution in [0.2, 0.25) is 0 Å². The zero-order chi connectivity index (χ0) is 14.8. The van der Waals surface area contributed by atoms with Crippen LogP contribution in [-0.2, 0) is 10.0 Å². The maximum atomic E-state index is 11.9. The van der Waals surface area contributed by atoms with Gasteiger partial charge >= 0.3 is 0 Å². The molecule has 0 spiro atoms. The summed E-state index contributed by atoms with van der Waals surface area (Å²) in [4.78, 5) is 0.319. The molecule has 1 aliphatic carbocycles. The lowest BCUT2D eigenvalue weighted by atomic mass is 10.00. The van der Waals surface area contributed by atoms with E-state index >= 15 is 0 Å². The maximum absolute atomic E-state index is 11.9. The minimum absolute atomic E-state index is 0.319. The van der Waals surface area contributed by atoms with Gasteiger partial charge in [-0.05, 0) is 50.4 Å². The van der Waals surface area contributed by atoms with Crippen LogP contribution in [0.15, 0.2) is 23.1 Å². The van der Waals surface area contributed by atoms with Crippen LogP contribution in [0.5, 0.6) is 0 Å². The summed E-state index contributed by atoms with van der Waals surface area (Å²) in [6.07, 6.45) is 4.86. The fourth-order valence-electron chi connectivity index (χ4n) is 2.96. The van der Waals surface area contributed by atoms with E-state index in [4.69, 9.17) is 0 Å². The van der Waals surface area contributed by atoms with Crippen LogP contribution in [0.25, 0.3) is 0 Å². The summed E-state index contributed by atoms with van der Waals surface area (Å²) in [6, 6.07) is 5.72. The molecule has 0 radical (unpaired) electrons. The van der Waals surface area contributed by atoms with Gasteiger partial charge in [0, 0.05) is 11.7 Å². The first kappa shape index (κ1) is 15.3. The highest BCUT2D eigenvalue weighted by Crippen LogP contribution is 2.32. The van der Waals surface area contributed by atoms with Gasteiger partial charge in [0.2, 0.25) is 10.0 Å². The number of anilines is 1. The Bertz CT molecular complexity index is 569. The van der Waals surface area contributed by atoms with Crippen molar-refractivity contribution in [2.75, 3.05) is 12.4 Å². The second-order valence-corrected chi connectivity index (χ2v) is 7.42. The van der Waals surface area contributed by atoms with Crippen molar-refractivity contribution >= 4 is 15.7 Å². The lowest BCUT2D eigenvalue weighted by molar-refractivity contribution is 0.489. The van der Waals surface area contributed by atoms with Crippen LogP contribution in [-0.4, -0.2) is 21.5 Å². The summed E-state index contributed by atoms with van der Waals surface area (Å²) in [5.74, 6) is 0.693. The molecule has 20 heavy (non-hydrogen) atoms. The molecule has 2 rings (SSSR count). The van der Waals surface area contributed by atoms with Gasteiger partial charge < -0.3 is 5.32 Å². The normalized spacial score (nSPS) is 22.9. The van der Waals surface area contributed by atoms with Gasteiger partial charge in [0.05, 0.1) is 4.90 Å². The second-order valence-electron chi connectivity index (χ2n) is 5.53. The first-order valence-corrected chi connectivity index (χ1v) is 8.77. The predicted molar refractivity (Wildman–Crippen MR) is 82.5 cm³/mol. The SMILES string of the molecule is CCC1CCCC1Nc1cc(S(=O)(=O)NC)ccc1C. The van der Waals surface area contributed by atoms with E-state index in [-0.39, 0.29) is 0 Å². The van der Waals surface area contributed by atoms with E-state index in [2.05, 4.69) is 17.0 Å². The number of benzene rings is 1. The first-order valence-electron chi connectivity index (χ1n) is 7.28. The Morgan fingerprint density at radius 1 is 1.30 bits per heavy atom. The van der Waals surface area contributed by atoms with Crippen LogP contribution in [0.4, 0.5) is 5.69 Å². The van der Waals surface area contributed by atoms with Gasteiger partial charge in [-0.15, -0.1) is 0 Å². The van der Waals surface area contributed by atoms with E-state index in [0.29, 0.717) is 16.9 Å². The largest absolute Gasteiger partial charge is 0.382 e. The number of hydrogen-bond acceptors (Lipinski definition) is 3. The zero-order valence-electron chi connectivity index (χ0n) is 12.4. The molecule has 0 bridgehead atoms. The monoisotopic (exact) mass is 296 g/mol. The third kappa shape index (κ3) is 3.15. The Labute approximate surface area is 122 Å². The molecule has 2 atom stereocenters. The van der Waals surface area contributed by atoms with Crippen LogP contribution >= 0.6 is 0 Å². The van der Waals surface area contributed by atoms with Crippen molar-refractivity contribution in [2.24, 2.45) is 5.92 Å². The predicted octanol–water partition coefficient (Wildman–Crippen LogP) is 2.89. The van der Waals surface area contributed by atoms with E-state index < -0.39 is 10.0 Å². The van der Waals surface area contributed by atoms with Crippen LogP contribution in [0.3, 0.4) is 0 Å². The fourth-order valence-corrected chi connectivity index (χ4v) is 3.71. The molecule has 1 aromatic carbocycles. The average Bonchev–Trinajstić information content (AvgIpc) is 2.88. The Morgan fingerprint density at radius 2 is 2.05 bits per heavy atom. The molecule has 1 saturated carbocycles. The van der Waals surface area contributed by atoms with Gasteiger partial charge in [-0.2, -0.15) is 0 Å². The molecule has 4 nitrogen and oxygen atoms in total. The molecule has 112 valence electrons. The topological polar surface area (TPSA) is 58.2 Å². The summed E-state index contributed by atoms with van der Waals surface area (Å²) in [6.45, 7) is 4.23. The van der Waals surface area contributed by atoms with Crippen molar-refractivity contribution in [3.8, 4) is 0 Å². The molecule has 0 aromatic heterocycles. The Morgan fingerprint density at radius 3 is 2.70 bits per heavy atom. The molecular weight excluding hydrogens is 272 g/mol. The van der Waals surface area contributed by atoms with Crippen molar-refractivity contribution in [1.82, 2.24) is 4.72 Å². The number of hydrogen-bond donors (Lipinski definition) is 2. The Balaban J connectivity index is 2.25. The van der Waals surface area contributed by atoms with Gasteiger partial charge in [0.15, 0.2) is 0 Å². The third-order valence-corrected chi connectivity index (χ3v) is 5.72. The van der Waals surface area contributed by atoms with Crippen molar-refractivity contribution in [3.63, 3.8) is 0 Å². The first-order chi connectivity index (χ1) is 9.47. The third-order valence-electron chi connectivity index (χ3n) is 4.31. The van der Waals surface area contributed by atoms with Crippen LogP contribution < -0.4 is 10.0 Å². The average molecular weight is 296 g/mol. The van der Waals surface area contributed by atoms with Crippen molar-refractivity contribution in [2.45, 2.75) is 50.5 Å². The molecule has 1 fully saturated rings. The number of nitrogens with one attached hydrogen (secondary N) is 2. The summed E-state index contributed by atoms with van der Waals surface area (Å²) < 4.78 is 26.1. The summed E-state index contributed by atoms with van der Waals surface area (Å²) >= 11 is 0. The van der Waals surface area contributed by atoms with Gasteiger partial charge in [-0.25, -0.2) is 13.1 Å². The van der Waals surface area contributed by atoms with Crippen molar-refractivity contribution in [1.29, 1.82) is 0 Å². The number of rotatable bonds is 5. The summed E-state index contributed by atoms with van der Waals surface area (Å²) in [7, 11) is -1.94. The van der Waals surface area contributed by atoms with Gasteiger partial charge in [0.25, 0.3) is 0 Å². The van der Waals surface area contributed by atoms with Crippen molar-refractivity contribution in [3.05, 3.63) is 23.8 Å². The molecule has 0 saturated heterocycles. The van der Waals surface area contributed by atoms with Crippen LogP contribution in [0.1, 0.15) is 38.2 Å². The standard InChI is InChI=1S/C15H24N2O2S/c1-4-12-6-5-7-14(12)17-15-10-13(9-8-11(15)2)20(18,19)16-3/h8-10,12,14,16-17H,4-7H2,1-3H3. The van der Waals surface area contributed by atoms with Crippen molar-refractivity contribution < 1.29 is 8.42 Å². The molecule has 1 aliphatic rings. The summed E-state index contributed by atoms with van der Waals surface area (Å²) in [5.41, 5.74) is 2.02. The molecule has 2 N–H and O–H groups in total. The van der Waals surface area contributed by atoms with Gasteiger partial charge in [0.1, 0.15) is 0 Å². The van der Waals surface area contributed by atoms with E-state index in [1.54, 1.807) is 12.1 Å². The minimum atomic E-state index is -3.38. The summed E-state index contributed by atoms with van der Waals surface area (Å²) in [5, 5.41) is 3.55. The molecule has 1 aromatic rings. The second kappa shape index (κ2) is 6.14. The Hall–Kier alpha value is -1.07.